The fourth-order valence-corrected chi connectivity index (χ4v) is 4.27. The Hall–Kier alpha value is -3.06. The minimum absolute atomic E-state index is 0.0479. The number of aliphatic carboxylic acids is 1. The van der Waals surface area contributed by atoms with Crippen LogP contribution in [0.5, 0.6) is 0 Å². The van der Waals surface area contributed by atoms with Gasteiger partial charge in [0.15, 0.2) is 0 Å². The fraction of sp³-hybridized carbons (Fsp3) is 0.533. The van der Waals surface area contributed by atoms with Crippen LogP contribution >= 0.6 is 0 Å². The number of carbonyl (C=O) groups is 2. The van der Waals surface area contributed by atoms with Gasteiger partial charge in [0.1, 0.15) is 13.2 Å². The van der Waals surface area contributed by atoms with Gasteiger partial charge in [-0.05, 0) is 28.7 Å². The minimum Gasteiger partial charge on any atom is -0.480 e. The van der Waals surface area contributed by atoms with E-state index in [4.69, 9.17) is 38.3 Å². The average Bonchev–Trinajstić information content (AvgIpc) is 3.30. The minimum atomic E-state index is -0.998. The Morgan fingerprint density at radius 3 is 1.56 bits per heavy atom. The highest BCUT2D eigenvalue weighted by Crippen LogP contribution is 2.44. The van der Waals surface area contributed by atoms with Gasteiger partial charge in [0, 0.05) is 19.1 Å². The molecule has 2 N–H and O–H groups in total. The number of carbonyl (C=O) groups excluding carboxylic acids is 1. The third-order valence-corrected chi connectivity index (χ3v) is 6.16. The van der Waals surface area contributed by atoms with Crippen LogP contribution in [0.3, 0.4) is 0 Å². The van der Waals surface area contributed by atoms with Crippen LogP contribution in [0.25, 0.3) is 11.1 Å². The maximum absolute atomic E-state index is 12.2. The summed E-state index contributed by atoms with van der Waals surface area (Å²) >= 11 is 0. The standard InChI is InChI=1S/C30H41NO10/c32-29(33)23-40-21-20-39-19-18-38-17-16-37-15-14-36-13-12-35-11-5-10-31-30(34)41-22-28-26-8-3-1-6-24(26)25-7-2-4-9-27(25)28/h1-4,6-9,28H,5,10-23H2,(H,31,34)(H,32,33). The van der Waals surface area contributed by atoms with Crippen LogP contribution in [0, 0.1) is 0 Å². The van der Waals surface area contributed by atoms with Crippen molar-refractivity contribution >= 4 is 12.1 Å². The molecule has 0 unspecified atom stereocenters. The molecule has 3 rings (SSSR count). The molecule has 11 heteroatoms. The molecule has 11 nitrogen and oxygen atoms in total. The molecule has 1 aliphatic carbocycles. The molecule has 0 aromatic heterocycles. The highest BCUT2D eigenvalue weighted by Gasteiger charge is 2.28. The van der Waals surface area contributed by atoms with Gasteiger partial charge in [-0.1, -0.05) is 48.5 Å². The summed E-state index contributed by atoms with van der Waals surface area (Å²) in [5.41, 5.74) is 4.79. The lowest BCUT2D eigenvalue weighted by Crippen LogP contribution is -2.27. The number of nitrogens with one attached hydrogen (secondary N) is 1. The molecule has 0 fully saturated rings. The zero-order valence-corrected chi connectivity index (χ0v) is 23.4. The van der Waals surface area contributed by atoms with E-state index in [0.717, 1.165) is 0 Å². The van der Waals surface area contributed by atoms with E-state index in [1.807, 2.05) is 24.3 Å². The third kappa shape index (κ3) is 12.6. The number of carboxylic acid groups (broad SMARTS) is 1. The van der Waals surface area contributed by atoms with Gasteiger partial charge < -0.3 is 43.6 Å². The Morgan fingerprint density at radius 1 is 0.634 bits per heavy atom. The van der Waals surface area contributed by atoms with Crippen molar-refractivity contribution in [3.8, 4) is 11.1 Å². The smallest absolute Gasteiger partial charge is 0.407 e. The maximum Gasteiger partial charge on any atom is 0.407 e. The van der Waals surface area contributed by atoms with E-state index in [0.29, 0.717) is 85.6 Å². The number of rotatable bonds is 23. The summed E-state index contributed by atoms with van der Waals surface area (Å²) in [7, 11) is 0. The van der Waals surface area contributed by atoms with E-state index in [9.17, 15) is 9.59 Å². The SMILES string of the molecule is O=C(O)COCCOCCOCCOCCOCCOCCCNC(=O)OCC1c2ccccc2-c2ccccc21. The molecule has 0 aliphatic heterocycles. The molecular weight excluding hydrogens is 534 g/mol. The first-order valence-corrected chi connectivity index (χ1v) is 13.9. The molecule has 0 bridgehead atoms. The lowest BCUT2D eigenvalue weighted by Gasteiger charge is -2.14. The van der Waals surface area contributed by atoms with Gasteiger partial charge in [0.2, 0.25) is 0 Å². The predicted octanol–water partition coefficient (Wildman–Crippen LogP) is 3.10. The van der Waals surface area contributed by atoms with E-state index >= 15 is 0 Å². The molecule has 226 valence electrons. The number of alkyl carbamates (subject to hydrolysis) is 1. The maximum atomic E-state index is 12.2. The number of carboxylic acids is 1. The van der Waals surface area contributed by atoms with Crippen molar-refractivity contribution in [2.24, 2.45) is 0 Å². The van der Waals surface area contributed by atoms with Gasteiger partial charge >= 0.3 is 12.1 Å². The van der Waals surface area contributed by atoms with Gasteiger partial charge in [-0.3, -0.25) is 0 Å². The largest absolute Gasteiger partial charge is 0.480 e. The lowest BCUT2D eigenvalue weighted by molar-refractivity contribution is -0.142. The molecule has 0 saturated carbocycles. The first-order chi connectivity index (χ1) is 20.2. The monoisotopic (exact) mass is 575 g/mol. The summed E-state index contributed by atoms with van der Waals surface area (Å²) in [5, 5.41) is 11.2. The molecule has 2 aromatic carbocycles. The molecule has 1 amide bonds. The van der Waals surface area contributed by atoms with Crippen molar-refractivity contribution in [2.75, 3.05) is 92.4 Å². The van der Waals surface area contributed by atoms with Gasteiger partial charge in [0.05, 0.1) is 66.1 Å². The van der Waals surface area contributed by atoms with E-state index in [-0.39, 0.29) is 19.1 Å². The van der Waals surface area contributed by atoms with Crippen molar-refractivity contribution in [1.82, 2.24) is 5.32 Å². The van der Waals surface area contributed by atoms with E-state index < -0.39 is 12.1 Å². The van der Waals surface area contributed by atoms with E-state index in [2.05, 4.69) is 29.6 Å². The zero-order chi connectivity index (χ0) is 29.0. The highest BCUT2D eigenvalue weighted by molar-refractivity contribution is 5.79. The molecule has 0 radical (unpaired) electrons. The van der Waals surface area contributed by atoms with Crippen molar-refractivity contribution in [1.29, 1.82) is 0 Å². The first kappa shape index (κ1) is 32.5. The summed E-state index contributed by atoms with van der Waals surface area (Å²) in [6, 6.07) is 16.5. The van der Waals surface area contributed by atoms with Gasteiger partial charge in [0.25, 0.3) is 0 Å². The number of benzene rings is 2. The second kappa shape index (κ2) is 19.9. The Balaban J connectivity index is 1.06. The van der Waals surface area contributed by atoms with Crippen LogP contribution < -0.4 is 5.32 Å². The Labute approximate surface area is 241 Å². The van der Waals surface area contributed by atoms with Crippen LogP contribution in [0.1, 0.15) is 23.5 Å². The number of fused-ring (bicyclic) bond motifs is 3. The fourth-order valence-electron chi connectivity index (χ4n) is 4.27. The summed E-state index contributed by atoms with van der Waals surface area (Å²) in [4.78, 5) is 22.5. The summed E-state index contributed by atoms with van der Waals surface area (Å²) in [6.45, 7) is 5.13. The number of ether oxygens (including phenoxy) is 7. The lowest BCUT2D eigenvalue weighted by atomic mass is 9.98. The molecule has 2 aromatic rings. The zero-order valence-electron chi connectivity index (χ0n) is 23.4. The molecular formula is C30H41NO10. The van der Waals surface area contributed by atoms with Crippen molar-refractivity contribution in [3.05, 3.63) is 59.7 Å². The van der Waals surface area contributed by atoms with Crippen LogP contribution in [-0.2, 0) is 38.0 Å². The van der Waals surface area contributed by atoms with Crippen molar-refractivity contribution in [3.63, 3.8) is 0 Å². The molecule has 0 saturated heterocycles. The highest BCUT2D eigenvalue weighted by atomic mass is 16.6. The third-order valence-electron chi connectivity index (χ3n) is 6.16. The van der Waals surface area contributed by atoms with E-state index in [1.54, 1.807) is 0 Å². The van der Waals surface area contributed by atoms with Crippen LogP contribution in [0.4, 0.5) is 4.79 Å². The normalized spacial score (nSPS) is 12.2. The van der Waals surface area contributed by atoms with Crippen LogP contribution in [0.2, 0.25) is 0 Å². The molecule has 0 heterocycles. The van der Waals surface area contributed by atoms with Gasteiger partial charge in [-0.15, -0.1) is 0 Å². The first-order valence-electron chi connectivity index (χ1n) is 13.9. The number of hydrogen-bond acceptors (Lipinski definition) is 9. The van der Waals surface area contributed by atoms with Gasteiger partial charge in [-0.2, -0.15) is 0 Å². The quantitative estimate of drug-likeness (QED) is 0.191. The number of amides is 1. The molecule has 1 aliphatic rings. The second-order valence-corrected chi connectivity index (χ2v) is 9.11. The predicted molar refractivity (Wildman–Crippen MR) is 150 cm³/mol. The van der Waals surface area contributed by atoms with E-state index in [1.165, 1.54) is 22.3 Å². The molecule has 0 atom stereocenters. The Bertz CT molecular complexity index is 988. The molecule has 0 spiro atoms. The number of hydrogen-bond donors (Lipinski definition) is 2. The van der Waals surface area contributed by atoms with Crippen LogP contribution in [-0.4, -0.2) is 110 Å². The van der Waals surface area contributed by atoms with Crippen LogP contribution in [0.15, 0.2) is 48.5 Å². The second-order valence-electron chi connectivity index (χ2n) is 9.11. The average molecular weight is 576 g/mol. The van der Waals surface area contributed by atoms with Crippen molar-refractivity contribution in [2.45, 2.75) is 12.3 Å². The summed E-state index contributed by atoms with van der Waals surface area (Å²) < 4.78 is 37.4. The van der Waals surface area contributed by atoms with Crippen molar-refractivity contribution < 1.29 is 47.9 Å². The molecule has 41 heavy (non-hydrogen) atoms. The van der Waals surface area contributed by atoms with Gasteiger partial charge in [-0.25, -0.2) is 9.59 Å². The Kier molecular flexibility index (Phi) is 15.8. The summed E-state index contributed by atoms with van der Waals surface area (Å²) in [5.74, 6) is -0.950. The summed E-state index contributed by atoms with van der Waals surface area (Å²) in [6.07, 6.45) is 0.255. The Morgan fingerprint density at radius 2 is 1.07 bits per heavy atom. The topological polar surface area (TPSA) is 131 Å².